The lowest BCUT2D eigenvalue weighted by atomic mass is 10.2. The zero-order valence-electron chi connectivity index (χ0n) is 14.0. The zero-order chi connectivity index (χ0) is 19.0. The third kappa shape index (κ3) is 3.24. The number of aromatic nitrogens is 3. The van der Waals surface area contributed by atoms with Crippen LogP contribution in [0.4, 0.5) is 11.4 Å². The van der Waals surface area contributed by atoms with E-state index in [1.807, 2.05) is 28.7 Å². The predicted octanol–water partition coefficient (Wildman–Crippen LogP) is 3.97. The molecule has 27 heavy (non-hydrogen) atoms. The summed E-state index contributed by atoms with van der Waals surface area (Å²) < 4.78 is 3.00. The number of hydrogen-bond donors (Lipinski definition) is 1. The van der Waals surface area contributed by atoms with Crippen molar-refractivity contribution in [1.82, 2.24) is 14.6 Å². The van der Waals surface area contributed by atoms with E-state index in [1.54, 1.807) is 19.1 Å². The number of benzene rings is 2. The second-order valence-corrected chi connectivity index (χ2v) is 8.01. The van der Waals surface area contributed by atoms with Crippen LogP contribution in [0.5, 0.6) is 0 Å². The molecule has 0 aliphatic carbocycles. The highest BCUT2D eigenvalue weighted by molar-refractivity contribution is 8.00. The van der Waals surface area contributed by atoms with E-state index >= 15 is 0 Å². The number of hydrogen-bond acceptors (Lipinski definition) is 7. The van der Waals surface area contributed by atoms with E-state index in [4.69, 9.17) is 0 Å². The lowest BCUT2D eigenvalue weighted by molar-refractivity contribution is -0.383. The summed E-state index contributed by atoms with van der Waals surface area (Å²) in [6, 6.07) is 13.9. The van der Waals surface area contributed by atoms with Gasteiger partial charge in [0.1, 0.15) is 5.69 Å². The molecule has 10 heteroatoms. The van der Waals surface area contributed by atoms with Crippen molar-refractivity contribution >= 4 is 55.6 Å². The molecule has 2 aromatic heterocycles. The van der Waals surface area contributed by atoms with Gasteiger partial charge >= 0.3 is 0 Å². The maximum atomic E-state index is 12.5. The number of nitro benzene ring substituents is 1. The van der Waals surface area contributed by atoms with Gasteiger partial charge in [0.2, 0.25) is 10.9 Å². The number of nitrogens with one attached hydrogen (secondary N) is 1. The van der Waals surface area contributed by atoms with Gasteiger partial charge in [-0.3, -0.25) is 19.3 Å². The van der Waals surface area contributed by atoms with Gasteiger partial charge in [0.25, 0.3) is 5.69 Å². The second kappa shape index (κ2) is 6.97. The van der Waals surface area contributed by atoms with Crippen molar-refractivity contribution in [3.8, 4) is 0 Å². The average molecular weight is 399 g/mol. The number of thioether (sulfide) groups is 1. The summed E-state index contributed by atoms with van der Waals surface area (Å²) in [6.45, 7) is 1.73. The van der Waals surface area contributed by atoms with Gasteiger partial charge in [0, 0.05) is 6.07 Å². The van der Waals surface area contributed by atoms with E-state index in [9.17, 15) is 14.9 Å². The van der Waals surface area contributed by atoms with Crippen molar-refractivity contribution in [2.24, 2.45) is 0 Å². The van der Waals surface area contributed by atoms with Crippen LogP contribution >= 0.6 is 23.1 Å². The van der Waals surface area contributed by atoms with Gasteiger partial charge in [-0.15, -0.1) is 10.2 Å². The Kier molecular flexibility index (Phi) is 4.50. The minimum absolute atomic E-state index is 0.142. The highest BCUT2D eigenvalue weighted by Crippen LogP contribution is 2.32. The van der Waals surface area contributed by atoms with Gasteiger partial charge in [-0.25, -0.2) is 0 Å². The number of rotatable bonds is 5. The van der Waals surface area contributed by atoms with Crippen LogP contribution in [0.15, 0.2) is 53.7 Å². The number of carbonyl (C=O) groups excluding carboxylic acids is 1. The van der Waals surface area contributed by atoms with Gasteiger partial charge < -0.3 is 5.32 Å². The highest BCUT2D eigenvalue weighted by atomic mass is 32.2. The highest BCUT2D eigenvalue weighted by Gasteiger charge is 2.22. The molecule has 0 radical (unpaired) electrons. The van der Waals surface area contributed by atoms with Gasteiger partial charge in [-0.05, 0) is 25.1 Å². The molecule has 0 fully saturated rings. The summed E-state index contributed by atoms with van der Waals surface area (Å²) in [6.07, 6.45) is 0. The molecule has 8 nitrogen and oxygen atoms in total. The molecule has 0 aliphatic rings. The lowest BCUT2D eigenvalue weighted by Gasteiger charge is -2.11. The van der Waals surface area contributed by atoms with Crippen LogP contribution in [-0.2, 0) is 4.79 Å². The van der Waals surface area contributed by atoms with Gasteiger partial charge in [0.05, 0.1) is 20.4 Å². The standard InChI is InChI=1S/C17H13N5O3S2/c1-10(15(23)18-11-6-2-3-7-12(11)22(24)25)26-16-19-20-17-21(16)13-8-4-5-9-14(13)27-17/h2-10H,1H3,(H,18,23). The molecule has 0 spiro atoms. The number of anilines is 1. The van der Waals surface area contributed by atoms with Crippen molar-refractivity contribution in [3.63, 3.8) is 0 Å². The van der Waals surface area contributed by atoms with Crippen molar-refractivity contribution < 1.29 is 9.72 Å². The second-order valence-electron chi connectivity index (χ2n) is 5.69. The number of para-hydroxylation sites is 3. The molecule has 2 aromatic carbocycles. The Hall–Kier alpha value is -2.98. The first-order chi connectivity index (χ1) is 13.0. The Labute approximate surface area is 161 Å². The number of nitro groups is 1. The molecule has 0 aliphatic heterocycles. The van der Waals surface area contributed by atoms with Crippen molar-refractivity contribution in [2.45, 2.75) is 17.3 Å². The molecule has 0 bridgehead atoms. The SMILES string of the molecule is CC(Sc1nnc2sc3ccccc3n12)C(=O)Nc1ccccc1[N+](=O)[O-]. The lowest BCUT2D eigenvalue weighted by Crippen LogP contribution is -2.23. The van der Waals surface area contributed by atoms with E-state index in [-0.39, 0.29) is 17.3 Å². The quantitative estimate of drug-likeness (QED) is 0.309. The van der Waals surface area contributed by atoms with Crippen LogP contribution in [0, 0.1) is 10.1 Å². The monoisotopic (exact) mass is 399 g/mol. The van der Waals surface area contributed by atoms with Crippen molar-refractivity contribution in [3.05, 3.63) is 58.6 Å². The average Bonchev–Trinajstić information content (AvgIpc) is 3.21. The van der Waals surface area contributed by atoms with Crippen LogP contribution in [0.1, 0.15) is 6.92 Å². The first-order valence-electron chi connectivity index (χ1n) is 7.98. The molecule has 2 heterocycles. The topological polar surface area (TPSA) is 102 Å². The van der Waals surface area contributed by atoms with E-state index in [1.165, 1.54) is 35.2 Å². The number of thiazole rings is 1. The predicted molar refractivity (Wildman–Crippen MR) is 105 cm³/mol. The first-order valence-corrected chi connectivity index (χ1v) is 9.68. The summed E-state index contributed by atoms with van der Waals surface area (Å²) in [5, 5.41) is 22.2. The molecule has 4 rings (SSSR count). The molecule has 1 N–H and O–H groups in total. The maximum absolute atomic E-state index is 12.5. The molecule has 1 unspecified atom stereocenters. The Bertz CT molecular complexity index is 1170. The summed E-state index contributed by atoms with van der Waals surface area (Å²) in [4.78, 5) is 23.9. The largest absolute Gasteiger partial charge is 0.319 e. The van der Waals surface area contributed by atoms with Crippen molar-refractivity contribution in [1.29, 1.82) is 0 Å². The summed E-state index contributed by atoms with van der Waals surface area (Å²) in [5.74, 6) is -0.342. The van der Waals surface area contributed by atoms with Crippen LogP contribution in [-0.4, -0.2) is 30.7 Å². The normalized spacial score (nSPS) is 12.3. The van der Waals surface area contributed by atoms with Crippen LogP contribution in [0.25, 0.3) is 15.2 Å². The number of carbonyl (C=O) groups is 1. The molecular weight excluding hydrogens is 386 g/mol. The van der Waals surface area contributed by atoms with Crippen LogP contribution in [0.2, 0.25) is 0 Å². The van der Waals surface area contributed by atoms with Gasteiger partial charge in [0.15, 0.2) is 5.16 Å². The minimum Gasteiger partial charge on any atom is -0.319 e. The molecule has 1 atom stereocenters. The number of amides is 1. The third-order valence-electron chi connectivity index (χ3n) is 3.92. The Morgan fingerprint density at radius 3 is 2.78 bits per heavy atom. The first kappa shape index (κ1) is 17.4. The molecule has 0 saturated heterocycles. The van der Waals surface area contributed by atoms with Crippen molar-refractivity contribution in [2.75, 3.05) is 5.32 Å². The van der Waals surface area contributed by atoms with E-state index in [0.717, 1.165) is 15.2 Å². The van der Waals surface area contributed by atoms with Crippen LogP contribution < -0.4 is 5.32 Å². The molecular formula is C17H13N5O3S2. The van der Waals surface area contributed by atoms with Gasteiger partial charge in [-0.2, -0.15) is 0 Å². The van der Waals surface area contributed by atoms with E-state index < -0.39 is 10.2 Å². The van der Waals surface area contributed by atoms with E-state index in [2.05, 4.69) is 15.5 Å². The maximum Gasteiger partial charge on any atom is 0.292 e. The summed E-state index contributed by atoms with van der Waals surface area (Å²) in [7, 11) is 0. The Morgan fingerprint density at radius 2 is 1.96 bits per heavy atom. The third-order valence-corrected chi connectivity index (χ3v) is 5.98. The molecule has 4 aromatic rings. The van der Waals surface area contributed by atoms with E-state index in [0.29, 0.717) is 5.16 Å². The summed E-state index contributed by atoms with van der Waals surface area (Å²) >= 11 is 2.78. The number of nitrogens with zero attached hydrogens (tertiary/aromatic N) is 4. The zero-order valence-corrected chi connectivity index (χ0v) is 15.7. The molecule has 136 valence electrons. The fourth-order valence-corrected chi connectivity index (χ4v) is 4.50. The molecule has 1 amide bonds. The summed E-state index contributed by atoms with van der Waals surface area (Å²) in [5.41, 5.74) is 1.01. The minimum atomic E-state index is -0.521. The fourth-order valence-electron chi connectivity index (χ4n) is 2.62. The fraction of sp³-hybridized carbons (Fsp3) is 0.118. The van der Waals surface area contributed by atoms with Gasteiger partial charge in [-0.1, -0.05) is 47.4 Å². The molecule has 0 saturated carbocycles. The Morgan fingerprint density at radius 1 is 1.22 bits per heavy atom. The van der Waals surface area contributed by atoms with Crippen LogP contribution in [0.3, 0.4) is 0 Å². The smallest absolute Gasteiger partial charge is 0.292 e. The Balaban J connectivity index is 1.57. The number of fused-ring (bicyclic) bond motifs is 3.